The lowest BCUT2D eigenvalue weighted by Crippen LogP contribution is -2.53. The van der Waals surface area contributed by atoms with E-state index >= 15 is 0 Å². The highest BCUT2D eigenvalue weighted by Crippen LogP contribution is 2.19. The maximum absolute atomic E-state index is 11.8. The second-order valence-corrected chi connectivity index (χ2v) is 4.95. The first-order valence-electron chi connectivity index (χ1n) is 5.98. The van der Waals surface area contributed by atoms with Crippen molar-refractivity contribution in [3.63, 3.8) is 0 Å². The number of nitrogens with zero attached hydrogens (tertiary/aromatic N) is 1. The van der Waals surface area contributed by atoms with E-state index in [1.54, 1.807) is 0 Å². The Bertz CT molecular complexity index is 240. The highest BCUT2D eigenvalue weighted by atomic mass is 16.2. The van der Waals surface area contributed by atoms with Crippen molar-refractivity contribution in [1.82, 2.24) is 10.2 Å². The molecule has 2 atom stereocenters. The minimum Gasteiger partial charge on any atom is -0.335 e. The number of urea groups is 1. The van der Waals surface area contributed by atoms with E-state index < -0.39 is 0 Å². The predicted octanol–water partition coefficient (Wildman–Crippen LogP) is 0.918. The van der Waals surface area contributed by atoms with Gasteiger partial charge < -0.3 is 16.0 Å². The van der Waals surface area contributed by atoms with Gasteiger partial charge in [-0.3, -0.25) is 0 Å². The van der Waals surface area contributed by atoms with Gasteiger partial charge in [-0.15, -0.1) is 0 Å². The number of amides is 2. The number of hydrogen-bond donors (Lipinski definition) is 2. The minimum absolute atomic E-state index is 0.110. The molecule has 0 aromatic rings. The summed E-state index contributed by atoms with van der Waals surface area (Å²) in [5, 5.41) is 3.07. The third-order valence-electron chi connectivity index (χ3n) is 3.69. The number of nitrogens with two attached hydrogens (primary N) is 1. The van der Waals surface area contributed by atoms with Crippen LogP contribution in [-0.2, 0) is 0 Å². The van der Waals surface area contributed by atoms with Gasteiger partial charge in [-0.2, -0.15) is 0 Å². The van der Waals surface area contributed by atoms with Crippen LogP contribution in [0.2, 0.25) is 0 Å². The molecule has 4 nitrogen and oxygen atoms in total. The van der Waals surface area contributed by atoms with Gasteiger partial charge in [0, 0.05) is 25.2 Å². The third-order valence-corrected chi connectivity index (χ3v) is 3.69. The zero-order valence-corrected chi connectivity index (χ0v) is 9.41. The molecular weight excluding hydrogens is 190 g/mol. The maximum atomic E-state index is 11.8. The van der Waals surface area contributed by atoms with Gasteiger partial charge in [-0.05, 0) is 31.6 Å². The molecular formula is C11H21N3O. The molecule has 0 bridgehead atoms. The SMILES string of the molecule is CC1CN(C(=O)NC2CCC2)CCC1N. The van der Waals surface area contributed by atoms with Crippen LogP contribution < -0.4 is 11.1 Å². The molecule has 0 aromatic heterocycles. The molecule has 2 aliphatic rings. The van der Waals surface area contributed by atoms with Crippen molar-refractivity contribution in [2.75, 3.05) is 13.1 Å². The molecule has 86 valence electrons. The van der Waals surface area contributed by atoms with Gasteiger partial charge in [-0.25, -0.2) is 4.79 Å². The van der Waals surface area contributed by atoms with E-state index in [4.69, 9.17) is 5.73 Å². The van der Waals surface area contributed by atoms with Crippen LogP contribution >= 0.6 is 0 Å². The van der Waals surface area contributed by atoms with Gasteiger partial charge in [-0.1, -0.05) is 6.92 Å². The Morgan fingerprint density at radius 1 is 1.40 bits per heavy atom. The monoisotopic (exact) mass is 211 g/mol. The summed E-state index contributed by atoms with van der Waals surface area (Å²) >= 11 is 0. The van der Waals surface area contributed by atoms with Crippen LogP contribution in [0.15, 0.2) is 0 Å². The molecule has 1 aliphatic carbocycles. The van der Waals surface area contributed by atoms with Gasteiger partial charge >= 0.3 is 6.03 Å². The summed E-state index contributed by atoms with van der Waals surface area (Å²) in [5.74, 6) is 0.422. The van der Waals surface area contributed by atoms with Crippen LogP contribution in [0.5, 0.6) is 0 Å². The highest BCUT2D eigenvalue weighted by molar-refractivity contribution is 5.74. The van der Waals surface area contributed by atoms with E-state index in [1.165, 1.54) is 6.42 Å². The van der Waals surface area contributed by atoms with Gasteiger partial charge in [0.1, 0.15) is 0 Å². The molecule has 1 saturated carbocycles. The number of rotatable bonds is 1. The third kappa shape index (κ3) is 2.43. The fourth-order valence-electron chi connectivity index (χ4n) is 2.17. The highest BCUT2D eigenvalue weighted by Gasteiger charge is 2.28. The molecule has 0 spiro atoms. The Morgan fingerprint density at radius 3 is 2.67 bits per heavy atom. The molecule has 0 radical (unpaired) electrons. The lowest BCUT2D eigenvalue weighted by molar-refractivity contribution is 0.152. The molecule has 4 heteroatoms. The number of hydrogen-bond acceptors (Lipinski definition) is 2. The first-order chi connectivity index (χ1) is 7.16. The molecule has 2 rings (SSSR count). The number of likely N-dealkylation sites (tertiary alicyclic amines) is 1. The lowest BCUT2D eigenvalue weighted by Gasteiger charge is -2.37. The van der Waals surface area contributed by atoms with E-state index in [1.807, 2.05) is 4.90 Å². The van der Waals surface area contributed by atoms with Crippen molar-refractivity contribution in [3.8, 4) is 0 Å². The summed E-state index contributed by atoms with van der Waals surface area (Å²) in [6.07, 6.45) is 4.48. The van der Waals surface area contributed by atoms with Crippen molar-refractivity contribution in [2.24, 2.45) is 11.7 Å². The molecule has 2 amide bonds. The van der Waals surface area contributed by atoms with Gasteiger partial charge in [0.15, 0.2) is 0 Å². The van der Waals surface area contributed by atoms with Crippen molar-refractivity contribution in [3.05, 3.63) is 0 Å². The van der Waals surface area contributed by atoms with E-state index in [0.717, 1.165) is 32.4 Å². The first-order valence-corrected chi connectivity index (χ1v) is 5.98. The molecule has 1 saturated heterocycles. The number of nitrogens with one attached hydrogen (secondary N) is 1. The zero-order chi connectivity index (χ0) is 10.8. The van der Waals surface area contributed by atoms with Crippen LogP contribution in [0.3, 0.4) is 0 Å². The minimum atomic E-state index is 0.110. The average Bonchev–Trinajstić information content (AvgIpc) is 2.15. The summed E-state index contributed by atoms with van der Waals surface area (Å²) in [5.41, 5.74) is 5.92. The van der Waals surface area contributed by atoms with Crippen molar-refractivity contribution in [1.29, 1.82) is 0 Å². The average molecular weight is 211 g/mol. The van der Waals surface area contributed by atoms with Gasteiger partial charge in [0.25, 0.3) is 0 Å². The van der Waals surface area contributed by atoms with Crippen LogP contribution in [-0.4, -0.2) is 36.1 Å². The first kappa shape index (κ1) is 10.7. The van der Waals surface area contributed by atoms with Gasteiger partial charge in [0.05, 0.1) is 0 Å². The Balaban J connectivity index is 1.79. The van der Waals surface area contributed by atoms with E-state index in [0.29, 0.717) is 12.0 Å². The number of carbonyl (C=O) groups is 1. The Kier molecular flexibility index (Phi) is 3.14. The van der Waals surface area contributed by atoms with Crippen molar-refractivity contribution in [2.45, 2.75) is 44.7 Å². The van der Waals surface area contributed by atoms with Crippen LogP contribution in [0, 0.1) is 5.92 Å². The van der Waals surface area contributed by atoms with Crippen LogP contribution in [0.1, 0.15) is 32.6 Å². The van der Waals surface area contributed by atoms with E-state index in [9.17, 15) is 4.79 Å². The predicted molar refractivity (Wildman–Crippen MR) is 59.5 cm³/mol. The molecule has 2 unspecified atom stereocenters. The summed E-state index contributed by atoms with van der Waals surface area (Å²) in [6, 6.07) is 0.805. The summed E-state index contributed by atoms with van der Waals surface area (Å²) in [4.78, 5) is 13.7. The smallest absolute Gasteiger partial charge is 0.317 e. The fraction of sp³-hybridized carbons (Fsp3) is 0.909. The number of piperidine rings is 1. The maximum Gasteiger partial charge on any atom is 0.317 e. The largest absolute Gasteiger partial charge is 0.335 e. The van der Waals surface area contributed by atoms with Crippen molar-refractivity contribution < 1.29 is 4.79 Å². The van der Waals surface area contributed by atoms with Crippen molar-refractivity contribution >= 4 is 6.03 Å². The zero-order valence-electron chi connectivity index (χ0n) is 9.41. The van der Waals surface area contributed by atoms with Crippen LogP contribution in [0.25, 0.3) is 0 Å². The Labute approximate surface area is 91.2 Å². The Morgan fingerprint density at radius 2 is 2.13 bits per heavy atom. The lowest BCUT2D eigenvalue weighted by atomic mass is 9.93. The summed E-state index contributed by atoms with van der Waals surface area (Å²) in [7, 11) is 0. The second kappa shape index (κ2) is 4.39. The molecule has 15 heavy (non-hydrogen) atoms. The van der Waals surface area contributed by atoms with Gasteiger partial charge in [0.2, 0.25) is 0 Å². The summed E-state index contributed by atoms with van der Waals surface area (Å²) in [6.45, 7) is 3.73. The standard InChI is InChI=1S/C11H21N3O/c1-8-7-14(6-5-10(8)12)11(15)13-9-3-2-4-9/h8-10H,2-7,12H2,1H3,(H,13,15). The van der Waals surface area contributed by atoms with E-state index in [-0.39, 0.29) is 12.1 Å². The fourth-order valence-corrected chi connectivity index (χ4v) is 2.17. The molecule has 0 aromatic carbocycles. The van der Waals surface area contributed by atoms with Crippen LogP contribution in [0.4, 0.5) is 4.79 Å². The normalized spacial score (nSPS) is 32.3. The summed E-state index contributed by atoms with van der Waals surface area (Å²) < 4.78 is 0. The molecule has 3 N–H and O–H groups in total. The number of carbonyl (C=O) groups excluding carboxylic acids is 1. The molecule has 1 aliphatic heterocycles. The molecule has 1 heterocycles. The second-order valence-electron chi connectivity index (χ2n) is 4.95. The Hall–Kier alpha value is -0.770. The quantitative estimate of drug-likeness (QED) is 0.677. The van der Waals surface area contributed by atoms with E-state index in [2.05, 4.69) is 12.2 Å². The topological polar surface area (TPSA) is 58.4 Å². The molecule has 2 fully saturated rings.